The van der Waals surface area contributed by atoms with Crippen molar-refractivity contribution in [1.29, 1.82) is 0 Å². The van der Waals surface area contributed by atoms with Crippen molar-refractivity contribution in [3.05, 3.63) is 53.0 Å². The van der Waals surface area contributed by atoms with E-state index in [1.54, 1.807) is 43.5 Å². The Kier molecular flexibility index (Phi) is 6.25. The van der Waals surface area contributed by atoms with Crippen molar-refractivity contribution >= 4 is 17.2 Å². The first-order chi connectivity index (χ1) is 13.5. The SMILES string of the molecule is CCOc1cc(CN(C)C(=O)c2cc(-c3cccs3)[nH]n2)ccc1OC(F)F. The second-order valence-corrected chi connectivity index (χ2v) is 6.85. The van der Waals surface area contributed by atoms with Gasteiger partial charge in [0.15, 0.2) is 17.2 Å². The van der Waals surface area contributed by atoms with E-state index in [0.29, 0.717) is 12.3 Å². The molecule has 3 rings (SSSR count). The van der Waals surface area contributed by atoms with E-state index in [0.717, 1.165) is 16.1 Å². The molecule has 0 unspecified atom stereocenters. The van der Waals surface area contributed by atoms with Crippen LogP contribution >= 0.6 is 11.3 Å². The molecule has 0 radical (unpaired) electrons. The van der Waals surface area contributed by atoms with Crippen LogP contribution < -0.4 is 9.47 Å². The average molecular weight is 407 g/mol. The Bertz CT molecular complexity index is 928. The minimum absolute atomic E-state index is 0.0394. The van der Waals surface area contributed by atoms with Crippen LogP contribution in [0.4, 0.5) is 8.78 Å². The Labute approximate surface area is 164 Å². The number of carbonyl (C=O) groups excluding carboxylic acids is 1. The Morgan fingerprint density at radius 2 is 2.11 bits per heavy atom. The zero-order valence-corrected chi connectivity index (χ0v) is 16.1. The average Bonchev–Trinajstić information content (AvgIpc) is 3.34. The topological polar surface area (TPSA) is 67.5 Å². The van der Waals surface area contributed by atoms with E-state index in [4.69, 9.17) is 4.74 Å². The summed E-state index contributed by atoms with van der Waals surface area (Å²) < 4.78 is 34.9. The summed E-state index contributed by atoms with van der Waals surface area (Å²) in [4.78, 5) is 15.1. The molecular weight excluding hydrogens is 388 g/mol. The molecule has 0 fully saturated rings. The Hall–Kier alpha value is -2.94. The number of nitrogens with zero attached hydrogens (tertiary/aromatic N) is 2. The molecule has 2 aromatic heterocycles. The lowest BCUT2D eigenvalue weighted by Crippen LogP contribution is -2.26. The Morgan fingerprint density at radius 3 is 2.79 bits per heavy atom. The van der Waals surface area contributed by atoms with Crippen LogP contribution in [0.25, 0.3) is 10.6 Å². The second-order valence-electron chi connectivity index (χ2n) is 5.90. The number of ether oxygens (including phenoxy) is 2. The monoisotopic (exact) mass is 407 g/mol. The lowest BCUT2D eigenvalue weighted by molar-refractivity contribution is -0.0514. The first-order valence-electron chi connectivity index (χ1n) is 8.53. The van der Waals surface area contributed by atoms with Crippen molar-refractivity contribution in [2.45, 2.75) is 20.1 Å². The van der Waals surface area contributed by atoms with Gasteiger partial charge in [0, 0.05) is 13.6 Å². The Morgan fingerprint density at radius 1 is 1.29 bits per heavy atom. The molecule has 28 heavy (non-hydrogen) atoms. The van der Waals surface area contributed by atoms with Crippen LogP contribution in [0.2, 0.25) is 0 Å². The first kappa shape index (κ1) is 19.8. The molecule has 3 aromatic rings. The molecule has 0 aliphatic carbocycles. The van der Waals surface area contributed by atoms with Gasteiger partial charge in [0.1, 0.15) is 0 Å². The molecule has 0 aliphatic rings. The second kappa shape index (κ2) is 8.83. The summed E-state index contributed by atoms with van der Waals surface area (Å²) in [5, 5.41) is 8.90. The largest absolute Gasteiger partial charge is 0.490 e. The zero-order chi connectivity index (χ0) is 20.1. The molecule has 0 saturated carbocycles. The number of hydrogen-bond donors (Lipinski definition) is 1. The molecule has 0 spiro atoms. The van der Waals surface area contributed by atoms with Gasteiger partial charge in [-0.2, -0.15) is 13.9 Å². The summed E-state index contributed by atoms with van der Waals surface area (Å²) in [5.41, 5.74) is 1.79. The maximum Gasteiger partial charge on any atom is 0.387 e. The molecule has 1 amide bonds. The first-order valence-corrected chi connectivity index (χ1v) is 9.41. The van der Waals surface area contributed by atoms with Crippen LogP contribution in [0.15, 0.2) is 41.8 Å². The summed E-state index contributed by atoms with van der Waals surface area (Å²) in [6.07, 6.45) is 0. The summed E-state index contributed by atoms with van der Waals surface area (Å²) in [5.74, 6) is -0.0895. The van der Waals surface area contributed by atoms with Gasteiger partial charge in [0.05, 0.1) is 17.2 Å². The molecule has 1 N–H and O–H groups in total. The predicted octanol–water partition coefficient (Wildman–Crippen LogP) is 4.41. The number of alkyl halides is 2. The van der Waals surface area contributed by atoms with Crippen LogP contribution in [0.3, 0.4) is 0 Å². The third kappa shape index (κ3) is 4.66. The number of halogens is 2. The summed E-state index contributed by atoms with van der Waals surface area (Å²) >= 11 is 1.55. The minimum Gasteiger partial charge on any atom is -0.490 e. The van der Waals surface area contributed by atoms with Crippen molar-refractivity contribution in [2.75, 3.05) is 13.7 Å². The van der Waals surface area contributed by atoms with Gasteiger partial charge in [-0.15, -0.1) is 11.3 Å². The lowest BCUT2D eigenvalue weighted by Gasteiger charge is -2.18. The van der Waals surface area contributed by atoms with Crippen LogP contribution in [0.1, 0.15) is 23.0 Å². The number of aromatic amines is 1. The van der Waals surface area contributed by atoms with Crippen molar-refractivity contribution in [1.82, 2.24) is 15.1 Å². The molecule has 0 bridgehead atoms. The molecule has 1 aromatic carbocycles. The fourth-order valence-corrected chi connectivity index (χ4v) is 3.34. The minimum atomic E-state index is -2.94. The van der Waals surface area contributed by atoms with E-state index in [9.17, 15) is 13.6 Å². The highest BCUT2D eigenvalue weighted by atomic mass is 32.1. The van der Waals surface area contributed by atoms with Crippen molar-refractivity contribution in [3.63, 3.8) is 0 Å². The maximum absolute atomic E-state index is 12.6. The van der Waals surface area contributed by atoms with Crippen LogP contribution in [0.5, 0.6) is 11.5 Å². The summed E-state index contributed by atoms with van der Waals surface area (Å²) in [6.45, 7) is -0.630. The van der Waals surface area contributed by atoms with E-state index in [1.807, 2.05) is 17.5 Å². The van der Waals surface area contributed by atoms with Gasteiger partial charge in [-0.05, 0) is 42.1 Å². The van der Waals surface area contributed by atoms with Gasteiger partial charge < -0.3 is 14.4 Å². The third-order valence-corrected chi connectivity index (χ3v) is 4.78. The number of H-pyrrole nitrogens is 1. The third-order valence-electron chi connectivity index (χ3n) is 3.87. The fourth-order valence-electron chi connectivity index (χ4n) is 2.64. The highest BCUT2D eigenvalue weighted by Gasteiger charge is 2.18. The number of amides is 1. The van der Waals surface area contributed by atoms with Gasteiger partial charge in [0.25, 0.3) is 5.91 Å². The maximum atomic E-state index is 12.6. The number of nitrogens with one attached hydrogen (secondary N) is 1. The number of benzene rings is 1. The van der Waals surface area contributed by atoms with E-state index in [-0.39, 0.29) is 24.0 Å². The van der Waals surface area contributed by atoms with Gasteiger partial charge in [0.2, 0.25) is 0 Å². The van der Waals surface area contributed by atoms with Gasteiger partial charge in [-0.1, -0.05) is 12.1 Å². The molecule has 9 heteroatoms. The Balaban J connectivity index is 1.72. The van der Waals surface area contributed by atoms with E-state index in [2.05, 4.69) is 14.9 Å². The molecule has 0 atom stereocenters. The number of carbonyl (C=O) groups is 1. The summed E-state index contributed by atoms with van der Waals surface area (Å²) in [6, 6.07) is 10.2. The van der Waals surface area contributed by atoms with Crippen LogP contribution in [0, 0.1) is 0 Å². The van der Waals surface area contributed by atoms with Gasteiger partial charge in [-0.3, -0.25) is 9.89 Å². The molecule has 2 heterocycles. The van der Waals surface area contributed by atoms with E-state index < -0.39 is 6.61 Å². The highest BCUT2D eigenvalue weighted by molar-refractivity contribution is 7.13. The number of thiophene rings is 1. The standard InChI is InChI=1S/C19H19F2N3O3S/c1-3-26-16-9-12(6-7-15(16)27-19(20)21)11-24(2)18(25)14-10-13(22-23-14)17-5-4-8-28-17/h4-10,19H,3,11H2,1-2H3,(H,22,23). The molecule has 6 nitrogen and oxygen atoms in total. The van der Waals surface area contributed by atoms with Crippen molar-refractivity contribution in [3.8, 4) is 22.1 Å². The number of hydrogen-bond acceptors (Lipinski definition) is 5. The molecule has 0 aliphatic heterocycles. The lowest BCUT2D eigenvalue weighted by atomic mass is 10.2. The highest BCUT2D eigenvalue weighted by Crippen LogP contribution is 2.30. The number of rotatable bonds is 8. The van der Waals surface area contributed by atoms with Gasteiger partial charge in [-0.25, -0.2) is 0 Å². The summed E-state index contributed by atoms with van der Waals surface area (Å²) in [7, 11) is 1.64. The smallest absolute Gasteiger partial charge is 0.387 e. The molecular formula is C19H19F2N3O3S. The van der Waals surface area contributed by atoms with Crippen LogP contribution in [-0.2, 0) is 6.54 Å². The predicted molar refractivity (Wildman–Crippen MR) is 102 cm³/mol. The van der Waals surface area contributed by atoms with E-state index in [1.165, 1.54) is 11.0 Å². The molecule has 148 valence electrons. The molecule has 0 saturated heterocycles. The van der Waals surface area contributed by atoms with E-state index >= 15 is 0 Å². The quantitative estimate of drug-likeness (QED) is 0.601. The van der Waals surface area contributed by atoms with Crippen molar-refractivity contribution < 1.29 is 23.0 Å². The van der Waals surface area contributed by atoms with Gasteiger partial charge >= 0.3 is 6.61 Å². The van der Waals surface area contributed by atoms with Crippen molar-refractivity contribution in [2.24, 2.45) is 0 Å². The zero-order valence-electron chi connectivity index (χ0n) is 15.3. The van der Waals surface area contributed by atoms with Crippen LogP contribution in [-0.4, -0.2) is 41.3 Å². The fraction of sp³-hybridized carbons (Fsp3) is 0.263. The number of aromatic nitrogens is 2. The normalized spacial score (nSPS) is 10.9.